The molecular weight excluding hydrogens is 562 g/mol. The lowest BCUT2D eigenvalue weighted by atomic mass is 9.95. The van der Waals surface area contributed by atoms with E-state index in [1.165, 1.54) is 0 Å². The van der Waals surface area contributed by atoms with Gasteiger partial charge in [-0.2, -0.15) is 0 Å². The summed E-state index contributed by atoms with van der Waals surface area (Å²) in [4.78, 5) is 25.1. The van der Waals surface area contributed by atoms with Gasteiger partial charge in [-0.15, -0.1) is 0 Å². The minimum atomic E-state index is 0.100. The summed E-state index contributed by atoms with van der Waals surface area (Å²) in [6, 6.07) is 24.6. The summed E-state index contributed by atoms with van der Waals surface area (Å²) in [5, 5.41) is 0.772. The third-order valence-electron chi connectivity index (χ3n) is 7.80. The van der Waals surface area contributed by atoms with Gasteiger partial charge in [-0.05, 0) is 74.5 Å². The van der Waals surface area contributed by atoms with Gasteiger partial charge in [0.05, 0.1) is 28.3 Å². The number of likely N-dealkylation sites (tertiary alicyclic amines) is 1. The zero-order chi connectivity index (χ0) is 26.1. The molecular formula is C30H31BrClN5O. The third kappa shape index (κ3) is 5.20. The van der Waals surface area contributed by atoms with Crippen LogP contribution in [0.4, 0.5) is 5.69 Å². The van der Waals surface area contributed by atoms with Crippen LogP contribution in [0.2, 0.25) is 5.02 Å². The molecule has 0 atom stereocenters. The van der Waals surface area contributed by atoms with Gasteiger partial charge in [-0.3, -0.25) is 14.3 Å². The molecule has 2 aliphatic rings. The topological polar surface area (TPSA) is 44.6 Å². The van der Waals surface area contributed by atoms with E-state index < -0.39 is 0 Å². The van der Waals surface area contributed by atoms with E-state index in [-0.39, 0.29) is 5.92 Å². The molecule has 3 heterocycles. The van der Waals surface area contributed by atoms with Gasteiger partial charge in [0, 0.05) is 42.3 Å². The Morgan fingerprint density at radius 1 is 0.868 bits per heavy atom. The summed E-state index contributed by atoms with van der Waals surface area (Å²) in [6.07, 6.45) is 1.78. The fourth-order valence-electron chi connectivity index (χ4n) is 5.73. The number of piperidine rings is 1. The molecule has 0 bridgehead atoms. The Bertz CT molecular complexity index is 1420. The number of nitrogens with zero attached hydrogens (tertiary/aromatic N) is 5. The van der Waals surface area contributed by atoms with E-state index in [1.54, 1.807) is 0 Å². The van der Waals surface area contributed by atoms with Crippen molar-refractivity contribution in [3.05, 3.63) is 88.1 Å². The van der Waals surface area contributed by atoms with Crippen LogP contribution in [0, 0.1) is 5.92 Å². The van der Waals surface area contributed by atoms with Gasteiger partial charge in [-0.25, -0.2) is 4.98 Å². The van der Waals surface area contributed by atoms with Crippen molar-refractivity contribution in [2.24, 2.45) is 5.92 Å². The molecule has 8 heteroatoms. The van der Waals surface area contributed by atoms with Crippen molar-refractivity contribution in [1.29, 1.82) is 0 Å². The normalized spacial score (nSPS) is 17.3. The average Bonchev–Trinajstić information content (AvgIpc) is 3.32. The maximum Gasteiger partial charge on any atom is 0.225 e. The van der Waals surface area contributed by atoms with Gasteiger partial charge in [-0.1, -0.05) is 51.8 Å². The maximum absolute atomic E-state index is 13.4. The number of hydrogen-bond donors (Lipinski definition) is 0. The fraction of sp³-hybridized carbons (Fsp3) is 0.333. The summed E-state index contributed by atoms with van der Waals surface area (Å²) in [6.45, 7) is 5.71. The highest BCUT2D eigenvalue weighted by atomic mass is 79.9. The predicted octanol–water partition coefficient (Wildman–Crippen LogP) is 6.00. The van der Waals surface area contributed by atoms with Crippen molar-refractivity contribution in [2.45, 2.75) is 19.4 Å². The van der Waals surface area contributed by atoms with Crippen molar-refractivity contribution in [2.75, 3.05) is 44.2 Å². The summed E-state index contributed by atoms with van der Waals surface area (Å²) in [5.74, 6) is 1.45. The first kappa shape index (κ1) is 25.4. The van der Waals surface area contributed by atoms with E-state index in [0.717, 1.165) is 96.4 Å². The number of fused-ring (bicyclic) bond motifs is 1. The zero-order valence-electron chi connectivity index (χ0n) is 21.3. The minimum Gasteiger partial charge on any atom is -0.367 e. The molecule has 2 saturated heterocycles. The summed E-state index contributed by atoms with van der Waals surface area (Å²) in [7, 11) is 0. The van der Waals surface area contributed by atoms with E-state index in [0.29, 0.717) is 5.91 Å². The number of benzene rings is 3. The first-order valence-corrected chi connectivity index (χ1v) is 14.5. The molecule has 0 aliphatic carbocycles. The first-order chi connectivity index (χ1) is 18.6. The number of amides is 1. The quantitative estimate of drug-likeness (QED) is 0.285. The van der Waals surface area contributed by atoms with Crippen molar-refractivity contribution in [1.82, 2.24) is 19.4 Å². The lowest BCUT2D eigenvalue weighted by molar-refractivity contribution is -0.137. The van der Waals surface area contributed by atoms with E-state index in [2.05, 4.69) is 83.7 Å². The van der Waals surface area contributed by atoms with E-state index in [4.69, 9.17) is 16.6 Å². The molecule has 6 nitrogen and oxygen atoms in total. The third-order valence-corrected chi connectivity index (χ3v) is 8.65. The van der Waals surface area contributed by atoms with Gasteiger partial charge >= 0.3 is 0 Å². The number of piperazine rings is 1. The lowest BCUT2D eigenvalue weighted by Gasteiger charge is -2.39. The highest BCUT2D eigenvalue weighted by Crippen LogP contribution is 2.28. The van der Waals surface area contributed by atoms with E-state index in [9.17, 15) is 4.79 Å². The molecule has 1 aromatic heterocycles. The Morgan fingerprint density at radius 2 is 1.55 bits per heavy atom. The van der Waals surface area contributed by atoms with Crippen LogP contribution in [0.3, 0.4) is 0 Å². The maximum atomic E-state index is 13.4. The van der Waals surface area contributed by atoms with Gasteiger partial charge < -0.3 is 9.80 Å². The molecule has 0 N–H and O–H groups in total. The Balaban J connectivity index is 1.08. The van der Waals surface area contributed by atoms with Crippen molar-refractivity contribution >= 4 is 50.2 Å². The largest absolute Gasteiger partial charge is 0.367 e. The fourth-order valence-corrected chi connectivity index (χ4v) is 6.25. The molecule has 6 rings (SSSR count). The van der Waals surface area contributed by atoms with Crippen LogP contribution in [0.1, 0.15) is 18.7 Å². The smallest absolute Gasteiger partial charge is 0.225 e. The molecule has 1 amide bonds. The van der Waals surface area contributed by atoms with Crippen LogP contribution >= 0.6 is 27.5 Å². The first-order valence-electron chi connectivity index (χ1n) is 13.3. The number of hydrogen-bond acceptors (Lipinski definition) is 4. The molecule has 4 aromatic rings. The number of aromatic nitrogens is 2. The van der Waals surface area contributed by atoms with Gasteiger partial charge in [0.2, 0.25) is 5.91 Å². The van der Waals surface area contributed by atoms with Gasteiger partial charge in [0.25, 0.3) is 0 Å². The van der Waals surface area contributed by atoms with Crippen molar-refractivity contribution in [3.63, 3.8) is 0 Å². The molecule has 0 spiro atoms. The molecule has 196 valence electrons. The molecule has 38 heavy (non-hydrogen) atoms. The molecule has 0 radical (unpaired) electrons. The number of anilines is 1. The number of carbonyl (C=O) groups excluding carboxylic acids is 1. The van der Waals surface area contributed by atoms with Crippen LogP contribution in [-0.2, 0) is 11.3 Å². The van der Waals surface area contributed by atoms with Crippen molar-refractivity contribution < 1.29 is 4.79 Å². The second kappa shape index (κ2) is 11.1. The van der Waals surface area contributed by atoms with Gasteiger partial charge in [0.15, 0.2) is 0 Å². The van der Waals surface area contributed by atoms with E-state index in [1.807, 2.05) is 24.3 Å². The Hall–Kier alpha value is -2.87. The zero-order valence-corrected chi connectivity index (χ0v) is 23.6. The Kier molecular flexibility index (Phi) is 7.41. The summed E-state index contributed by atoms with van der Waals surface area (Å²) in [5.41, 5.74) is 4.29. The SMILES string of the molecule is O=C(C1CCN(Cc2nc3ccccc3n2-c2ccc(Br)cc2)CC1)N1CCN(c2ccccc2Cl)CC1. The number of halogens is 2. The average molecular weight is 593 g/mol. The molecule has 2 aliphatic heterocycles. The Morgan fingerprint density at radius 3 is 2.29 bits per heavy atom. The summed E-state index contributed by atoms with van der Waals surface area (Å²) >= 11 is 9.94. The lowest BCUT2D eigenvalue weighted by Crippen LogP contribution is -2.51. The standard InChI is InChI=1S/C30H31BrClN5O/c31-23-9-11-24(12-10-23)37-28-8-4-2-6-26(28)33-29(37)21-34-15-13-22(14-16-34)30(38)36-19-17-35(18-20-36)27-7-3-1-5-25(27)32/h1-12,22H,13-21H2. The van der Waals surface area contributed by atoms with Crippen LogP contribution in [0.15, 0.2) is 77.3 Å². The van der Waals surface area contributed by atoms with Crippen molar-refractivity contribution in [3.8, 4) is 5.69 Å². The number of para-hydroxylation sites is 3. The van der Waals surface area contributed by atoms with Crippen LogP contribution < -0.4 is 4.90 Å². The van der Waals surface area contributed by atoms with Crippen LogP contribution in [-0.4, -0.2) is 64.5 Å². The van der Waals surface area contributed by atoms with Gasteiger partial charge in [0.1, 0.15) is 5.82 Å². The van der Waals surface area contributed by atoms with Crippen LogP contribution in [0.25, 0.3) is 16.7 Å². The molecule has 3 aromatic carbocycles. The molecule has 0 unspecified atom stereocenters. The molecule has 0 saturated carbocycles. The number of rotatable bonds is 5. The highest BCUT2D eigenvalue weighted by molar-refractivity contribution is 9.10. The van der Waals surface area contributed by atoms with E-state index >= 15 is 0 Å². The minimum absolute atomic E-state index is 0.100. The molecule has 2 fully saturated rings. The Labute approximate surface area is 236 Å². The predicted molar refractivity (Wildman–Crippen MR) is 157 cm³/mol. The highest BCUT2D eigenvalue weighted by Gasteiger charge is 2.31. The summed E-state index contributed by atoms with van der Waals surface area (Å²) < 4.78 is 3.32. The second-order valence-corrected chi connectivity index (χ2v) is 11.5. The number of imidazole rings is 1. The second-order valence-electron chi connectivity index (χ2n) is 10.1. The van der Waals surface area contributed by atoms with Crippen LogP contribution in [0.5, 0.6) is 0 Å². The number of carbonyl (C=O) groups is 1. The monoisotopic (exact) mass is 591 g/mol.